The molecule has 0 aliphatic heterocycles. The number of rotatable bonds is 4. The maximum absolute atomic E-state index is 12.9. The molecule has 20 heavy (non-hydrogen) atoms. The topological polar surface area (TPSA) is 77.2 Å². The summed E-state index contributed by atoms with van der Waals surface area (Å²) in [5.41, 5.74) is 2.76. The zero-order valence-corrected chi connectivity index (χ0v) is 11.9. The van der Waals surface area contributed by atoms with Crippen molar-refractivity contribution in [3.63, 3.8) is 0 Å². The minimum Gasteiger partial charge on any atom is -0.486 e. The molecule has 0 aliphatic carbocycles. The lowest BCUT2D eigenvalue weighted by atomic mass is 10.3. The van der Waals surface area contributed by atoms with Gasteiger partial charge in [-0.25, -0.2) is 15.2 Å². The maximum Gasteiger partial charge on any atom is 0.283 e. The van der Waals surface area contributed by atoms with Gasteiger partial charge >= 0.3 is 0 Å². The third kappa shape index (κ3) is 3.52. The Hall–Kier alpha value is -1.99. The van der Waals surface area contributed by atoms with Gasteiger partial charge in [0.05, 0.1) is 10.2 Å². The Labute approximate surface area is 123 Å². The summed E-state index contributed by atoms with van der Waals surface area (Å²) in [6.07, 6.45) is 0. The second kappa shape index (κ2) is 6.44. The average molecular weight is 340 g/mol. The predicted octanol–water partition coefficient (Wildman–Crippen LogP) is 2.17. The number of nitrogens with two attached hydrogens (primary N) is 1. The molecular formula is C13H11BrFN3O2. The van der Waals surface area contributed by atoms with Gasteiger partial charge in [0.15, 0.2) is 0 Å². The van der Waals surface area contributed by atoms with Crippen LogP contribution in [0.3, 0.4) is 0 Å². The number of nitrogen functional groups attached to an aromatic ring is 1. The molecule has 0 aliphatic rings. The molecule has 0 saturated heterocycles. The summed E-state index contributed by atoms with van der Waals surface area (Å²) in [4.78, 5) is 15.4. The lowest BCUT2D eigenvalue weighted by Crippen LogP contribution is -2.30. The van der Waals surface area contributed by atoms with Crippen molar-refractivity contribution in [1.82, 2.24) is 10.4 Å². The van der Waals surface area contributed by atoms with Crippen LogP contribution in [-0.4, -0.2) is 10.9 Å². The zero-order chi connectivity index (χ0) is 14.5. The number of hydrazine groups is 1. The van der Waals surface area contributed by atoms with Crippen molar-refractivity contribution in [1.29, 1.82) is 0 Å². The summed E-state index contributed by atoms with van der Waals surface area (Å²) in [5.74, 6) is 4.69. The highest BCUT2D eigenvalue weighted by Crippen LogP contribution is 2.26. The van der Waals surface area contributed by atoms with E-state index in [1.807, 2.05) is 5.43 Å². The maximum atomic E-state index is 12.9. The summed E-state index contributed by atoms with van der Waals surface area (Å²) < 4.78 is 19.0. The van der Waals surface area contributed by atoms with Crippen LogP contribution in [0.2, 0.25) is 0 Å². The van der Waals surface area contributed by atoms with Gasteiger partial charge in [-0.3, -0.25) is 10.2 Å². The molecule has 0 bridgehead atoms. The first kappa shape index (κ1) is 14.4. The molecule has 1 aromatic heterocycles. The molecule has 0 atom stereocenters. The van der Waals surface area contributed by atoms with E-state index in [0.717, 1.165) is 0 Å². The SMILES string of the molecule is NNC(=O)c1cccc(COc2ccc(F)cc2Br)n1. The van der Waals surface area contributed by atoms with E-state index in [0.29, 0.717) is 15.9 Å². The lowest BCUT2D eigenvalue weighted by molar-refractivity contribution is 0.0948. The first-order valence-corrected chi connectivity index (χ1v) is 6.44. The number of carbonyl (C=O) groups is 1. The molecule has 3 N–H and O–H groups in total. The molecule has 0 unspecified atom stereocenters. The van der Waals surface area contributed by atoms with Crippen LogP contribution in [0.5, 0.6) is 5.75 Å². The Balaban J connectivity index is 2.09. The Kier molecular flexibility index (Phi) is 4.65. The number of nitrogens with one attached hydrogen (secondary N) is 1. The van der Waals surface area contributed by atoms with Gasteiger partial charge in [-0.2, -0.15) is 0 Å². The van der Waals surface area contributed by atoms with Crippen molar-refractivity contribution in [2.45, 2.75) is 6.61 Å². The van der Waals surface area contributed by atoms with Crippen LogP contribution in [0, 0.1) is 5.82 Å². The Morgan fingerprint density at radius 2 is 2.20 bits per heavy atom. The van der Waals surface area contributed by atoms with E-state index in [4.69, 9.17) is 10.6 Å². The number of hydrogen-bond acceptors (Lipinski definition) is 4. The van der Waals surface area contributed by atoms with Crippen molar-refractivity contribution in [3.8, 4) is 5.75 Å². The van der Waals surface area contributed by atoms with Crippen LogP contribution < -0.4 is 16.0 Å². The fourth-order valence-corrected chi connectivity index (χ4v) is 1.97. The Bertz CT molecular complexity index is 637. The number of pyridine rings is 1. The summed E-state index contributed by atoms with van der Waals surface area (Å²) >= 11 is 3.20. The highest BCUT2D eigenvalue weighted by atomic mass is 79.9. The van der Waals surface area contributed by atoms with E-state index in [1.165, 1.54) is 18.2 Å². The largest absolute Gasteiger partial charge is 0.486 e. The molecule has 1 amide bonds. The Morgan fingerprint density at radius 1 is 1.40 bits per heavy atom. The standard InChI is InChI=1S/C13H11BrFN3O2/c14-10-6-8(15)4-5-12(10)20-7-9-2-1-3-11(17-9)13(19)18-16/h1-6H,7,16H2,(H,18,19). The smallest absolute Gasteiger partial charge is 0.283 e. The van der Waals surface area contributed by atoms with E-state index >= 15 is 0 Å². The molecule has 0 saturated carbocycles. The van der Waals surface area contributed by atoms with E-state index in [2.05, 4.69) is 20.9 Å². The van der Waals surface area contributed by atoms with Crippen LogP contribution in [0.15, 0.2) is 40.9 Å². The van der Waals surface area contributed by atoms with Gasteiger partial charge in [-0.05, 0) is 46.3 Å². The molecule has 1 aromatic carbocycles. The fraction of sp³-hybridized carbons (Fsp3) is 0.0769. The van der Waals surface area contributed by atoms with Gasteiger partial charge in [0, 0.05) is 0 Å². The van der Waals surface area contributed by atoms with Crippen molar-refractivity contribution in [2.75, 3.05) is 0 Å². The number of ether oxygens (including phenoxy) is 1. The van der Waals surface area contributed by atoms with Crippen LogP contribution in [0.25, 0.3) is 0 Å². The number of aromatic nitrogens is 1. The summed E-state index contributed by atoms with van der Waals surface area (Å²) in [6.45, 7) is 0.149. The first-order chi connectivity index (χ1) is 9.60. The molecule has 7 heteroatoms. The summed E-state index contributed by atoms with van der Waals surface area (Å²) in [5, 5.41) is 0. The normalized spacial score (nSPS) is 10.2. The van der Waals surface area contributed by atoms with Crippen LogP contribution >= 0.6 is 15.9 Å². The van der Waals surface area contributed by atoms with Gasteiger partial charge in [-0.1, -0.05) is 6.07 Å². The molecule has 0 fully saturated rings. The summed E-state index contributed by atoms with van der Waals surface area (Å²) in [7, 11) is 0. The summed E-state index contributed by atoms with van der Waals surface area (Å²) in [6, 6.07) is 9.04. The van der Waals surface area contributed by atoms with Crippen molar-refractivity contribution >= 4 is 21.8 Å². The number of hydrogen-bond donors (Lipinski definition) is 2. The minimum atomic E-state index is -0.477. The number of carbonyl (C=O) groups excluding carboxylic acids is 1. The molecule has 1 heterocycles. The van der Waals surface area contributed by atoms with Gasteiger partial charge in [-0.15, -0.1) is 0 Å². The van der Waals surface area contributed by atoms with Crippen molar-refractivity contribution in [3.05, 3.63) is 58.1 Å². The predicted molar refractivity (Wildman–Crippen MR) is 74.3 cm³/mol. The minimum absolute atomic E-state index is 0.149. The second-order valence-corrected chi connectivity index (χ2v) is 4.71. The van der Waals surface area contributed by atoms with E-state index in [-0.39, 0.29) is 18.1 Å². The number of halogens is 2. The molecule has 0 spiro atoms. The monoisotopic (exact) mass is 339 g/mol. The van der Waals surface area contributed by atoms with Crippen molar-refractivity contribution < 1.29 is 13.9 Å². The van der Waals surface area contributed by atoms with E-state index < -0.39 is 5.91 Å². The van der Waals surface area contributed by atoms with Crippen LogP contribution in [-0.2, 0) is 6.61 Å². The van der Waals surface area contributed by atoms with Gasteiger partial charge in [0.2, 0.25) is 0 Å². The molecule has 104 valence electrons. The van der Waals surface area contributed by atoms with E-state index in [1.54, 1.807) is 18.2 Å². The third-order valence-corrected chi connectivity index (χ3v) is 3.06. The molecular weight excluding hydrogens is 329 g/mol. The van der Waals surface area contributed by atoms with E-state index in [9.17, 15) is 9.18 Å². The average Bonchev–Trinajstić information content (AvgIpc) is 2.46. The molecule has 5 nitrogen and oxygen atoms in total. The van der Waals surface area contributed by atoms with Gasteiger partial charge < -0.3 is 4.74 Å². The quantitative estimate of drug-likeness (QED) is 0.508. The third-order valence-electron chi connectivity index (χ3n) is 2.44. The molecule has 0 radical (unpaired) electrons. The number of amides is 1. The fourth-order valence-electron chi connectivity index (χ4n) is 1.50. The molecule has 2 rings (SSSR count). The number of benzene rings is 1. The van der Waals surface area contributed by atoms with Crippen LogP contribution in [0.1, 0.15) is 16.2 Å². The van der Waals surface area contributed by atoms with Crippen molar-refractivity contribution in [2.24, 2.45) is 5.84 Å². The highest BCUT2D eigenvalue weighted by Gasteiger charge is 2.07. The van der Waals surface area contributed by atoms with Gasteiger partial charge in [0.1, 0.15) is 23.9 Å². The molecule has 2 aromatic rings. The lowest BCUT2D eigenvalue weighted by Gasteiger charge is -2.08. The highest BCUT2D eigenvalue weighted by molar-refractivity contribution is 9.10. The second-order valence-electron chi connectivity index (χ2n) is 3.85. The van der Waals surface area contributed by atoms with Gasteiger partial charge in [0.25, 0.3) is 5.91 Å². The van der Waals surface area contributed by atoms with Crippen LogP contribution in [0.4, 0.5) is 4.39 Å². The number of nitrogens with zero attached hydrogens (tertiary/aromatic N) is 1. The Morgan fingerprint density at radius 3 is 2.90 bits per heavy atom. The zero-order valence-electron chi connectivity index (χ0n) is 10.3. The first-order valence-electron chi connectivity index (χ1n) is 5.65.